The van der Waals surface area contributed by atoms with Gasteiger partial charge in [-0.3, -0.25) is 9.69 Å². The third-order valence-corrected chi connectivity index (χ3v) is 5.36. The topological polar surface area (TPSA) is 66.9 Å². The van der Waals surface area contributed by atoms with Gasteiger partial charge in [-0.25, -0.2) is 0 Å². The number of aliphatic carboxylic acids is 1. The number of carboxylic acids is 1. The molecule has 0 spiro atoms. The Morgan fingerprint density at radius 1 is 1.08 bits per heavy atom. The minimum Gasteiger partial charge on any atom is -0.549 e. The fraction of sp³-hybridized carbons (Fsp3) is 0.400. The zero-order valence-electron chi connectivity index (χ0n) is 14.9. The van der Waals surface area contributed by atoms with Gasteiger partial charge in [-0.1, -0.05) is 12.1 Å². The van der Waals surface area contributed by atoms with Gasteiger partial charge in [0.05, 0.1) is 11.7 Å². The molecule has 1 saturated heterocycles. The number of carbonyl (C=O) groups excluding carboxylic acids is 2. The lowest BCUT2D eigenvalue weighted by Gasteiger charge is -2.26. The fourth-order valence-electron chi connectivity index (χ4n) is 4.17. The van der Waals surface area contributed by atoms with E-state index in [1.54, 1.807) is 0 Å². The Hall–Kier alpha value is -2.60. The summed E-state index contributed by atoms with van der Waals surface area (Å²) in [5.74, 6) is -0.955. The van der Waals surface area contributed by atoms with E-state index in [1.807, 2.05) is 34.9 Å². The Kier molecular flexibility index (Phi) is 4.28. The Morgan fingerprint density at radius 2 is 1.88 bits per heavy atom. The van der Waals surface area contributed by atoms with Gasteiger partial charge in [0.2, 0.25) is 0 Å². The van der Waals surface area contributed by atoms with Crippen LogP contribution in [-0.4, -0.2) is 56.0 Å². The van der Waals surface area contributed by atoms with Gasteiger partial charge in [-0.2, -0.15) is 0 Å². The van der Waals surface area contributed by atoms with Crippen LogP contribution in [0.25, 0.3) is 10.8 Å². The van der Waals surface area contributed by atoms with E-state index in [0.717, 1.165) is 53.8 Å². The van der Waals surface area contributed by atoms with E-state index >= 15 is 0 Å². The van der Waals surface area contributed by atoms with Crippen LogP contribution in [0.3, 0.4) is 0 Å². The number of carboxylic acid groups (broad SMARTS) is 1. The molecular formula is C20H22N3O3-. The number of carbonyl (C=O) groups is 2. The third-order valence-electron chi connectivity index (χ3n) is 5.36. The van der Waals surface area contributed by atoms with Gasteiger partial charge < -0.3 is 19.7 Å². The summed E-state index contributed by atoms with van der Waals surface area (Å²) in [5, 5.41) is 13.0. The van der Waals surface area contributed by atoms with Gasteiger partial charge in [0, 0.05) is 61.3 Å². The highest BCUT2D eigenvalue weighted by atomic mass is 16.4. The molecule has 2 aliphatic heterocycles. The van der Waals surface area contributed by atoms with E-state index in [1.165, 1.54) is 0 Å². The van der Waals surface area contributed by atoms with E-state index in [0.29, 0.717) is 13.1 Å². The number of hydrogen-bond acceptors (Lipinski definition) is 5. The van der Waals surface area contributed by atoms with Crippen LogP contribution < -0.4 is 14.9 Å². The first-order valence-electron chi connectivity index (χ1n) is 9.15. The van der Waals surface area contributed by atoms with Crippen LogP contribution in [-0.2, 0) is 4.79 Å². The summed E-state index contributed by atoms with van der Waals surface area (Å²) in [4.78, 5) is 29.6. The van der Waals surface area contributed by atoms with Crippen molar-refractivity contribution in [2.75, 3.05) is 49.1 Å². The number of rotatable bonds is 4. The predicted octanol–water partition coefficient (Wildman–Crippen LogP) is 1.08. The van der Waals surface area contributed by atoms with Gasteiger partial charge >= 0.3 is 0 Å². The van der Waals surface area contributed by atoms with Crippen molar-refractivity contribution in [2.24, 2.45) is 0 Å². The standard InChI is InChI=1S/C20H23N3O3/c1-2-23-17-8-7-16(14-5-3-6-15(19(14)17)20(23)26)22-10-4-9-21(11-12-22)13-18(24)25/h3,5-8H,2,4,9-13H2,1H3,(H,24,25)/p-1. The normalized spacial score (nSPS) is 17.8. The number of hydrogen-bond donors (Lipinski definition) is 0. The molecule has 0 saturated carbocycles. The second kappa shape index (κ2) is 6.61. The van der Waals surface area contributed by atoms with Crippen molar-refractivity contribution in [3.05, 3.63) is 35.9 Å². The molecular weight excluding hydrogens is 330 g/mol. The van der Waals surface area contributed by atoms with Crippen LogP contribution >= 0.6 is 0 Å². The molecule has 2 aromatic rings. The highest BCUT2D eigenvalue weighted by molar-refractivity contribution is 6.26. The zero-order chi connectivity index (χ0) is 18.3. The van der Waals surface area contributed by atoms with Crippen LogP contribution in [0.1, 0.15) is 23.7 Å². The van der Waals surface area contributed by atoms with Gasteiger partial charge in [0.15, 0.2) is 0 Å². The summed E-state index contributed by atoms with van der Waals surface area (Å²) in [6, 6.07) is 10.1. The lowest BCUT2D eigenvalue weighted by Crippen LogP contribution is -2.40. The van der Waals surface area contributed by atoms with Crippen LogP contribution in [0.15, 0.2) is 30.3 Å². The number of nitrogens with zero attached hydrogens (tertiary/aromatic N) is 3. The van der Waals surface area contributed by atoms with Crippen LogP contribution in [0.2, 0.25) is 0 Å². The molecule has 26 heavy (non-hydrogen) atoms. The Balaban J connectivity index is 1.70. The summed E-state index contributed by atoms with van der Waals surface area (Å²) < 4.78 is 0. The molecule has 4 rings (SSSR count). The summed E-state index contributed by atoms with van der Waals surface area (Å²) in [6.45, 7) is 5.71. The molecule has 0 unspecified atom stereocenters. The van der Waals surface area contributed by atoms with Crippen molar-refractivity contribution < 1.29 is 14.7 Å². The largest absolute Gasteiger partial charge is 0.549 e. The maximum Gasteiger partial charge on any atom is 0.258 e. The molecule has 0 N–H and O–H groups in total. The molecule has 0 radical (unpaired) electrons. The van der Waals surface area contributed by atoms with E-state index in [2.05, 4.69) is 17.0 Å². The van der Waals surface area contributed by atoms with E-state index in [9.17, 15) is 14.7 Å². The monoisotopic (exact) mass is 352 g/mol. The van der Waals surface area contributed by atoms with Crippen LogP contribution in [0, 0.1) is 0 Å². The summed E-state index contributed by atoms with van der Waals surface area (Å²) >= 11 is 0. The summed E-state index contributed by atoms with van der Waals surface area (Å²) in [5.41, 5.74) is 2.88. The first-order chi connectivity index (χ1) is 12.6. The maximum atomic E-state index is 12.6. The Bertz CT molecular complexity index is 880. The lowest BCUT2D eigenvalue weighted by molar-refractivity contribution is -0.306. The molecule has 2 heterocycles. The SMILES string of the molecule is CCN1C(=O)c2cccc3c(N4CCCN(CC(=O)[O-])CC4)ccc1c23. The van der Waals surface area contributed by atoms with Crippen LogP contribution in [0.4, 0.5) is 11.4 Å². The summed E-state index contributed by atoms with van der Waals surface area (Å²) in [7, 11) is 0. The molecule has 0 aliphatic carbocycles. The van der Waals surface area contributed by atoms with E-state index < -0.39 is 5.97 Å². The van der Waals surface area contributed by atoms with Crippen molar-refractivity contribution in [1.82, 2.24) is 4.90 Å². The first-order valence-corrected chi connectivity index (χ1v) is 9.15. The van der Waals surface area contributed by atoms with Gasteiger partial charge in [0.1, 0.15) is 0 Å². The molecule has 1 amide bonds. The minimum absolute atomic E-state index is 0.0162. The molecule has 2 aliphatic rings. The zero-order valence-corrected chi connectivity index (χ0v) is 14.9. The van der Waals surface area contributed by atoms with Crippen molar-refractivity contribution in [3.8, 4) is 0 Å². The molecule has 136 valence electrons. The van der Waals surface area contributed by atoms with Gasteiger partial charge in [-0.05, 0) is 31.5 Å². The van der Waals surface area contributed by atoms with E-state index in [4.69, 9.17) is 0 Å². The van der Waals surface area contributed by atoms with Crippen molar-refractivity contribution in [3.63, 3.8) is 0 Å². The summed E-state index contributed by atoms with van der Waals surface area (Å²) in [6.07, 6.45) is 0.899. The first kappa shape index (κ1) is 16.8. The predicted molar refractivity (Wildman–Crippen MR) is 99.6 cm³/mol. The highest BCUT2D eigenvalue weighted by Crippen LogP contribution is 2.41. The number of amides is 1. The van der Waals surface area contributed by atoms with Crippen LogP contribution in [0.5, 0.6) is 0 Å². The van der Waals surface area contributed by atoms with Gasteiger partial charge in [0.25, 0.3) is 5.91 Å². The second-order valence-corrected chi connectivity index (χ2v) is 6.87. The average Bonchev–Trinajstić information content (AvgIpc) is 2.77. The molecule has 6 heteroatoms. The third kappa shape index (κ3) is 2.70. The lowest BCUT2D eigenvalue weighted by atomic mass is 10.0. The van der Waals surface area contributed by atoms with Crippen molar-refractivity contribution in [1.29, 1.82) is 0 Å². The van der Waals surface area contributed by atoms with Crippen molar-refractivity contribution >= 4 is 34.0 Å². The minimum atomic E-state index is -1.03. The van der Waals surface area contributed by atoms with Gasteiger partial charge in [-0.15, -0.1) is 0 Å². The molecule has 6 nitrogen and oxygen atoms in total. The smallest absolute Gasteiger partial charge is 0.258 e. The molecule has 0 atom stereocenters. The average molecular weight is 352 g/mol. The molecule has 1 fully saturated rings. The second-order valence-electron chi connectivity index (χ2n) is 6.87. The van der Waals surface area contributed by atoms with E-state index in [-0.39, 0.29) is 12.5 Å². The molecule has 0 bridgehead atoms. The maximum absolute atomic E-state index is 12.6. The highest BCUT2D eigenvalue weighted by Gasteiger charge is 2.30. The molecule has 0 aromatic heterocycles. The number of anilines is 2. The Labute approximate surface area is 152 Å². The molecule has 2 aromatic carbocycles. The Morgan fingerprint density at radius 3 is 2.65 bits per heavy atom. The fourth-order valence-corrected chi connectivity index (χ4v) is 4.17. The number of benzene rings is 2. The quantitative estimate of drug-likeness (QED) is 0.824. The van der Waals surface area contributed by atoms with Crippen molar-refractivity contribution in [2.45, 2.75) is 13.3 Å².